The SMILES string of the molecule is CC(=O)NC1C(C)OC(CO)[C@H](O)C1OC1OC(CO)[C@H](O)C(O)C1F. The number of halogens is 1. The van der Waals surface area contributed by atoms with Crippen molar-refractivity contribution < 1.29 is 48.9 Å². The molecule has 6 N–H and O–H groups in total. The van der Waals surface area contributed by atoms with E-state index in [9.17, 15) is 34.7 Å². The van der Waals surface area contributed by atoms with Crippen molar-refractivity contribution in [3.8, 4) is 0 Å². The fourth-order valence-corrected chi connectivity index (χ4v) is 3.19. The van der Waals surface area contributed by atoms with Crippen LogP contribution in [0.3, 0.4) is 0 Å². The van der Waals surface area contributed by atoms with E-state index < -0.39 is 80.4 Å². The topological polar surface area (TPSA) is 158 Å². The van der Waals surface area contributed by atoms with Crippen molar-refractivity contribution in [2.45, 2.75) is 75.1 Å². The average Bonchev–Trinajstić information content (AvgIpc) is 2.60. The summed E-state index contributed by atoms with van der Waals surface area (Å²) in [5, 5.41) is 50.9. The van der Waals surface area contributed by atoms with E-state index in [2.05, 4.69) is 5.32 Å². The van der Waals surface area contributed by atoms with Gasteiger partial charge in [-0.05, 0) is 6.92 Å². The van der Waals surface area contributed by atoms with Gasteiger partial charge in [-0.1, -0.05) is 0 Å². The quantitative estimate of drug-likeness (QED) is 0.287. The van der Waals surface area contributed by atoms with E-state index in [-0.39, 0.29) is 0 Å². The van der Waals surface area contributed by atoms with Gasteiger partial charge in [0, 0.05) is 6.92 Å². The van der Waals surface area contributed by atoms with Gasteiger partial charge in [0.15, 0.2) is 12.5 Å². The van der Waals surface area contributed by atoms with Gasteiger partial charge in [0.05, 0.1) is 25.4 Å². The zero-order chi connectivity index (χ0) is 19.6. The Balaban J connectivity index is 2.21. The van der Waals surface area contributed by atoms with Gasteiger partial charge in [-0.15, -0.1) is 0 Å². The number of rotatable bonds is 5. The van der Waals surface area contributed by atoms with Crippen molar-refractivity contribution in [2.75, 3.05) is 13.2 Å². The van der Waals surface area contributed by atoms with Gasteiger partial charge in [-0.25, -0.2) is 4.39 Å². The third-order valence-corrected chi connectivity index (χ3v) is 4.61. The number of hydrogen-bond acceptors (Lipinski definition) is 9. The zero-order valence-corrected chi connectivity index (χ0v) is 14.4. The molecular weight excluding hydrogens is 357 g/mol. The smallest absolute Gasteiger partial charge is 0.217 e. The molecule has 11 heteroatoms. The summed E-state index contributed by atoms with van der Waals surface area (Å²) in [6, 6.07) is -0.891. The Kier molecular flexibility index (Phi) is 7.27. The molecule has 0 spiro atoms. The summed E-state index contributed by atoms with van der Waals surface area (Å²) in [4.78, 5) is 11.4. The molecule has 1 amide bonds. The first-order valence-corrected chi connectivity index (χ1v) is 8.34. The highest BCUT2D eigenvalue weighted by Gasteiger charge is 2.50. The van der Waals surface area contributed by atoms with Crippen LogP contribution in [0.2, 0.25) is 0 Å². The molecule has 2 heterocycles. The van der Waals surface area contributed by atoms with Gasteiger partial charge in [-0.2, -0.15) is 0 Å². The third kappa shape index (κ3) is 4.31. The van der Waals surface area contributed by atoms with Crippen molar-refractivity contribution in [1.82, 2.24) is 5.32 Å². The number of carbonyl (C=O) groups is 1. The van der Waals surface area contributed by atoms with Gasteiger partial charge in [-0.3, -0.25) is 4.79 Å². The summed E-state index contributed by atoms with van der Waals surface area (Å²) < 4.78 is 30.4. The van der Waals surface area contributed by atoms with E-state index in [4.69, 9.17) is 14.2 Å². The van der Waals surface area contributed by atoms with Crippen molar-refractivity contribution in [3.05, 3.63) is 0 Å². The number of carbonyl (C=O) groups excluding carboxylic acids is 1. The number of aliphatic hydroxyl groups is 5. The summed E-state index contributed by atoms with van der Waals surface area (Å²) >= 11 is 0. The Hall–Kier alpha value is -0.920. The normalized spacial score (nSPS) is 46.8. The molecule has 0 aromatic carbocycles. The highest BCUT2D eigenvalue weighted by molar-refractivity contribution is 5.73. The lowest BCUT2D eigenvalue weighted by atomic mass is 9.92. The monoisotopic (exact) mass is 383 g/mol. The lowest BCUT2D eigenvalue weighted by Gasteiger charge is -2.46. The zero-order valence-electron chi connectivity index (χ0n) is 14.4. The summed E-state index contributed by atoms with van der Waals surface area (Å²) in [5.74, 6) is -0.446. The number of hydrogen-bond donors (Lipinski definition) is 6. The average molecular weight is 383 g/mol. The molecule has 0 aromatic heterocycles. The summed E-state index contributed by atoms with van der Waals surface area (Å²) in [6.07, 6.45) is -13.1. The molecule has 152 valence electrons. The van der Waals surface area contributed by atoms with Gasteiger partial charge >= 0.3 is 0 Å². The molecule has 0 aliphatic carbocycles. The van der Waals surface area contributed by atoms with E-state index in [1.54, 1.807) is 6.92 Å². The van der Waals surface area contributed by atoms with Crippen LogP contribution in [-0.2, 0) is 19.0 Å². The Bertz CT molecular complexity index is 482. The molecule has 0 saturated carbocycles. The van der Waals surface area contributed by atoms with E-state index in [1.807, 2.05) is 0 Å². The summed E-state index contributed by atoms with van der Waals surface area (Å²) in [6.45, 7) is 1.59. The molecule has 2 saturated heterocycles. The van der Waals surface area contributed by atoms with Crippen LogP contribution in [0, 0.1) is 0 Å². The Morgan fingerprint density at radius 2 is 1.65 bits per heavy atom. The number of amides is 1. The molecular formula is C15H26FNO9. The van der Waals surface area contributed by atoms with E-state index in [1.165, 1.54) is 6.92 Å². The molecule has 8 unspecified atom stereocenters. The number of aliphatic hydroxyl groups excluding tert-OH is 5. The lowest BCUT2D eigenvalue weighted by Crippen LogP contribution is -2.66. The second kappa shape index (κ2) is 8.85. The Morgan fingerprint density at radius 1 is 1.08 bits per heavy atom. The van der Waals surface area contributed by atoms with Crippen LogP contribution in [0.25, 0.3) is 0 Å². The molecule has 10 nitrogen and oxygen atoms in total. The molecule has 2 rings (SSSR count). The molecule has 0 aromatic rings. The van der Waals surface area contributed by atoms with Crippen LogP contribution in [0.15, 0.2) is 0 Å². The van der Waals surface area contributed by atoms with Crippen LogP contribution in [0.5, 0.6) is 0 Å². The minimum atomic E-state index is -2.16. The summed E-state index contributed by atoms with van der Waals surface area (Å²) in [7, 11) is 0. The minimum absolute atomic E-state index is 0.446. The number of alkyl halides is 1. The second-order valence-electron chi connectivity index (χ2n) is 6.53. The molecule has 26 heavy (non-hydrogen) atoms. The van der Waals surface area contributed by atoms with Gasteiger partial charge in [0.25, 0.3) is 0 Å². The molecule has 0 bridgehead atoms. The number of ether oxygens (including phenoxy) is 3. The van der Waals surface area contributed by atoms with Crippen molar-refractivity contribution in [2.24, 2.45) is 0 Å². The maximum atomic E-state index is 14.4. The molecule has 10 atom stereocenters. The first kappa shape index (κ1) is 21.4. The predicted molar refractivity (Wildman–Crippen MR) is 82.6 cm³/mol. The van der Waals surface area contributed by atoms with Gasteiger partial charge < -0.3 is 45.1 Å². The maximum absolute atomic E-state index is 14.4. The van der Waals surface area contributed by atoms with Crippen LogP contribution < -0.4 is 5.32 Å². The first-order chi connectivity index (χ1) is 12.2. The van der Waals surface area contributed by atoms with Crippen LogP contribution >= 0.6 is 0 Å². The molecule has 2 aliphatic heterocycles. The highest BCUT2D eigenvalue weighted by atomic mass is 19.1. The van der Waals surface area contributed by atoms with Crippen molar-refractivity contribution >= 4 is 5.91 Å². The fraction of sp³-hybridized carbons (Fsp3) is 0.933. The van der Waals surface area contributed by atoms with E-state index in [0.29, 0.717) is 0 Å². The van der Waals surface area contributed by atoms with Crippen LogP contribution in [0.1, 0.15) is 13.8 Å². The maximum Gasteiger partial charge on any atom is 0.217 e. The van der Waals surface area contributed by atoms with Crippen LogP contribution in [0.4, 0.5) is 4.39 Å². The Labute approximate surface area is 149 Å². The van der Waals surface area contributed by atoms with Crippen molar-refractivity contribution in [3.63, 3.8) is 0 Å². The Morgan fingerprint density at radius 3 is 2.19 bits per heavy atom. The van der Waals surface area contributed by atoms with E-state index in [0.717, 1.165) is 0 Å². The highest BCUT2D eigenvalue weighted by Crippen LogP contribution is 2.30. The summed E-state index contributed by atoms with van der Waals surface area (Å²) in [5.41, 5.74) is 0. The molecule has 2 fully saturated rings. The van der Waals surface area contributed by atoms with Gasteiger partial charge in [0.2, 0.25) is 5.91 Å². The molecule has 0 radical (unpaired) electrons. The van der Waals surface area contributed by atoms with E-state index >= 15 is 0 Å². The second-order valence-corrected chi connectivity index (χ2v) is 6.53. The van der Waals surface area contributed by atoms with Gasteiger partial charge in [0.1, 0.15) is 36.6 Å². The third-order valence-electron chi connectivity index (χ3n) is 4.61. The predicted octanol–water partition coefficient (Wildman–Crippen LogP) is -3.21. The fourth-order valence-electron chi connectivity index (χ4n) is 3.19. The molecule has 2 aliphatic rings. The standard InChI is InChI=1S/C15H26FNO9/c1-5-10(17-6(2)20)14(12(22)8(4-19)24-5)26-15-9(16)13(23)11(21)7(3-18)25-15/h5,7-15,18-19,21-23H,3-4H2,1-2H3,(H,17,20)/t5?,7?,8?,9?,10?,11-,12-,13?,14?,15?/m0/s1. The largest absolute Gasteiger partial charge is 0.394 e. The lowest BCUT2D eigenvalue weighted by molar-refractivity contribution is -0.321. The van der Waals surface area contributed by atoms with Crippen LogP contribution in [-0.4, -0.2) is 106 Å². The van der Waals surface area contributed by atoms with Crippen molar-refractivity contribution in [1.29, 1.82) is 0 Å². The minimum Gasteiger partial charge on any atom is -0.394 e. The number of nitrogens with one attached hydrogen (secondary N) is 1. The first-order valence-electron chi connectivity index (χ1n) is 8.34.